The van der Waals surface area contributed by atoms with Gasteiger partial charge >= 0.3 is 6.09 Å². The number of fused-ring (bicyclic) bond motifs is 2. The van der Waals surface area contributed by atoms with E-state index in [9.17, 15) is 19.5 Å². The van der Waals surface area contributed by atoms with Gasteiger partial charge in [0.2, 0.25) is 17.7 Å². The number of H-pyrrole nitrogens is 2. The minimum Gasteiger partial charge on any atom is -0.493 e. The summed E-state index contributed by atoms with van der Waals surface area (Å²) in [5.74, 6) is 1.92. The SMILES string of the molecule is COC(=O)N[C@H](C(=O)N1CCC[C@H]1c1ncc(-c2ccc(-c3ccc(-c4cnc([C@H]5C6CCC(C6)[C@@H]5C(=O)NCc5cccnc5O)[nH]4)cc3)cc2C)[nH]1)C(C)C. The maximum absolute atomic E-state index is 13.6. The van der Waals surface area contributed by atoms with Crippen LogP contribution in [0.2, 0.25) is 0 Å². The zero-order valence-corrected chi connectivity index (χ0v) is 32.8. The highest BCUT2D eigenvalue weighted by Gasteiger charge is 2.52. The van der Waals surface area contributed by atoms with E-state index in [-0.39, 0.29) is 48.0 Å². The lowest BCUT2D eigenvalue weighted by Gasteiger charge is -2.30. The minimum atomic E-state index is -0.685. The molecule has 2 aromatic carbocycles. The molecule has 5 aromatic rings. The van der Waals surface area contributed by atoms with Gasteiger partial charge in [0.15, 0.2) is 0 Å². The summed E-state index contributed by atoms with van der Waals surface area (Å²) in [6.45, 7) is 6.74. The van der Waals surface area contributed by atoms with Crippen LogP contribution in [0.1, 0.15) is 80.7 Å². The lowest BCUT2D eigenvalue weighted by molar-refractivity contribution is -0.135. The normalized spacial score (nSPS) is 21.8. The molecule has 57 heavy (non-hydrogen) atoms. The number of likely N-dealkylation sites (tertiary alicyclic amines) is 1. The van der Waals surface area contributed by atoms with E-state index in [2.05, 4.69) is 75.0 Å². The first-order valence-corrected chi connectivity index (χ1v) is 20.0. The Labute approximate surface area is 332 Å². The van der Waals surface area contributed by atoms with Crippen LogP contribution in [0.5, 0.6) is 5.88 Å². The van der Waals surface area contributed by atoms with Crippen LogP contribution in [-0.4, -0.2) is 72.5 Å². The van der Waals surface area contributed by atoms with Crippen LogP contribution in [0.3, 0.4) is 0 Å². The molecule has 13 heteroatoms. The van der Waals surface area contributed by atoms with Gasteiger partial charge in [-0.15, -0.1) is 0 Å². The first kappa shape index (κ1) is 37.9. The monoisotopic (exact) mass is 770 g/mol. The molecule has 2 aliphatic carbocycles. The number of nitrogens with one attached hydrogen (secondary N) is 4. The fourth-order valence-electron chi connectivity index (χ4n) is 9.41. The number of nitrogens with zero attached hydrogens (tertiary/aromatic N) is 4. The summed E-state index contributed by atoms with van der Waals surface area (Å²) >= 11 is 0. The van der Waals surface area contributed by atoms with Crippen LogP contribution in [0, 0.1) is 30.6 Å². The molecule has 2 unspecified atom stereocenters. The van der Waals surface area contributed by atoms with Crippen LogP contribution < -0.4 is 10.6 Å². The first-order valence-electron chi connectivity index (χ1n) is 20.0. The lowest BCUT2D eigenvalue weighted by Crippen LogP contribution is -2.51. The van der Waals surface area contributed by atoms with Crippen molar-refractivity contribution in [1.82, 2.24) is 40.5 Å². The van der Waals surface area contributed by atoms with E-state index < -0.39 is 12.1 Å². The number of carbonyl (C=O) groups is 3. The van der Waals surface area contributed by atoms with Gasteiger partial charge < -0.3 is 35.3 Å². The number of benzene rings is 2. The van der Waals surface area contributed by atoms with Crippen molar-refractivity contribution in [2.75, 3.05) is 13.7 Å². The second kappa shape index (κ2) is 15.9. The average Bonchev–Trinajstić information content (AvgIpc) is 4.08. The number of imidazole rings is 2. The molecule has 0 spiro atoms. The molecule has 296 valence electrons. The molecule has 1 aliphatic heterocycles. The number of ether oxygens (including phenoxy) is 1. The second-order valence-electron chi connectivity index (χ2n) is 16.1. The highest BCUT2D eigenvalue weighted by atomic mass is 16.5. The summed E-state index contributed by atoms with van der Waals surface area (Å²) in [7, 11) is 1.29. The van der Waals surface area contributed by atoms with Crippen molar-refractivity contribution in [3.63, 3.8) is 0 Å². The summed E-state index contributed by atoms with van der Waals surface area (Å²) in [4.78, 5) is 61.5. The van der Waals surface area contributed by atoms with Crippen molar-refractivity contribution in [3.05, 3.63) is 96.0 Å². The maximum atomic E-state index is 13.6. The third-order valence-electron chi connectivity index (χ3n) is 12.3. The molecule has 2 bridgehead atoms. The van der Waals surface area contributed by atoms with Crippen LogP contribution in [0.15, 0.2) is 73.2 Å². The van der Waals surface area contributed by atoms with Crippen LogP contribution >= 0.6 is 0 Å². The fourth-order valence-corrected chi connectivity index (χ4v) is 9.41. The number of aromatic hydroxyl groups is 1. The van der Waals surface area contributed by atoms with E-state index in [1.807, 2.05) is 31.1 Å². The number of alkyl carbamates (subject to hydrolysis) is 1. The number of amides is 3. The van der Waals surface area contributed by atoms with Crippen molar-refractivity contribution in [2.45, 2.75) is 77.4 Å². The average molecular weight is 771 g/mol. The van der Waals surface area contributed by atoms with Gasteiger partial charge in [-0.2, -0.15) is 0 Å². The van der Waals surface area contributed by atoms with Gasteiger partial charge in [-0.25, -0.2) is 19.7 Å². The van der Waals surface area contributed by atoms with E-state index in [1.165, 1.54) is 13.3 Å². The second-order valence-corrected chi connectivity index (χ2v) is 16.1. The van der Waals surface area contributed by atoms with Gasteiger partial charge in [-0.05, 0) is 85.1 Å². The highest BCUT2D eigenvalue weighted by molar-refractivity contribution is 5.86. The van der Waals surface area contributed by atoms with Crippen LogP contribution in [0.4, 0.5) is 4.79 Å². The Morgan fingerprint density at radius 2 is 1.63 bits per heavy atom. The molecule has 3 amide bonds. The van der Waals surface area contributed by atoms with E-state index in [4.69, 9.17) is 14.7 Å². The number of carbonyl (C=O) groups excluding carboxylic acids is 3. The summed E-state index contributed by atoms with van der Waals surface area (Å²) in [6, 6.07) is 17.5. The molecule has 8 rings (SSSR count). The molecule has 5 N–H and O–H groups in total. The Kier molecular flexibility index (Phi) is 10.6. The molecule has 0 radical (unpaired) electrons. The number of aryl methyl sites for hydroxylation is 1. The highest BCUT2D eigenvalue weighted by Crippen LogP contribution is 2.56. The van der Waals surface area contributed by atoms with Gasteiger partial charge in [-0.3, -0.25) is 9.59 Å². The van der Waals surface area contributed by atoms with Gasteiger partial charge in [0.25, 0.3) is 0 Å². The number of aromatic nitrogens is 5. The molecule has 6 atom stereocenters. The van der Waals surface area contributed by atoms with E-state index in [0.717, 1.165) is 83.0 Å². The number of hydrogen-bond acceptors (Lipinski definition) is 8. The van der Waals surface area contributed by atoms with Crippen molar-refractivity contribution >= 4 is 17.9 Å². The molecule has 3 aliphatic rings. The van der Waals surface area contributed by atoms with Crippen LogP contribution in [-0.2, 0) is 20.9 Å². The Hall–Kier alpha value is -5.98. The summed E-state index contributed by atoms with van der Waals surface area (Å²) < 4.78 is 4.77. The zero-order chi connectivity index (χ0) is 39.8. The standard InChI is InChI=1S/C44H50N8O5/c1-24(2)38(51-44(56)57-4)43(55)52-18-6-8-35(52)39-46-23-34(50-39)32-16-15-28(19-25(32)3)26-9-11-27(12-10-26)33-22-47-40(49-33)36-29-13-14-30(20-29)37(36)42(54)48-21-31-7-5-17-45-41(31)53/h5,7,9-12,15-17,19,22-24,29-30,35-38H,6,8,13-14,18,20-21H2,1-4H3,(H,45,53)(H,46,50)(H,47,49)(H,48,54)(H,51,56)/t29?,30?,35-,36-,37-,38-/m0/s1. The number of rotatable bonds is 11. The largest absolute Gasteiger partial charge is 0.493 e. The maximum Gasteiger partial charge on any atom is 0.407 e. The predicted molar refractivity (Wildman–Crippen MR) is 214 cm³/mol. The quantitative estimate of drug-likeness (QED) is 0.0950. The Balaban J connectivity index is 0.937. The molecule has 3 fully saturated rings. The fraction of sp³-hybridized carbons (Fsp3) is 0.409. The Morgan fingerprint density at radius 3 is 2.39 bits per heavy atom. The van der Waals surface area contributed by atoms with Crippen molar-refractivity contribution in [2.24, 2.45) is 23.7 Å². The van der Waals surface area contributed by atoms with Gasteiger partial charge in [0, 0.05) is 36.3 Å². The van der Waals surface area contributed by atoms with Crippen molar-refractivity contribution in [1.29, 1.82) is 0 Å². The molecule has 4 heterocycles. The smallest absolute Gasteiger partial charge is 0.407 e. The summed E-state index contributed by atoms with van der Waals surface area (Å²) in [5, 5.41) is 15.8. The lowest BCUT2D eigenvalue weighted by atomic mass is 9.78. The Morgan fingerprint density at radius 1 is 0.912 bits per heavy atom. The van der Waals surface area contributed by atoms with E-state index >= 15 is 0 Å². The molecule has 3 aromatic heterocycles. The van der Waals surface area contributed by atoms with Gasteiger partial charge in [-0.1, -0.05) is 62.4 Å². The molecule has 1 saturated heterocycles. The third kappa shape index (κ3) is 7.50. The van der Waals surface area contributed by atoms with E-state index in [1.54, 1.807) is 12.1 Å². The summed E-state index contributed by atoms with van der Waals surface area (Å²) in [6.07, 6.45) is 9.44. The van der Waals surface area contributed by atoms with Crippen LogP contribution in [0.25, 0.3) is 33.6 Å². The van der Waals surface area contributed by atoms with Gasteiger partial charge in [0.1, 0.15) is 17.7 Å². The Bertz CT molecular complexity index is 2260. The third-order valence-corrected chi connectivity index (χ3v) is 12.3. The number of pyridine rings is 1. The zero-order valence-electron chi connectivity index (χ0n) is 32.8. The van der Waals surface area contributed by atoms with E-state index in [0.29, 0.717) is 23.9 Å². The number of hydrogen-bond donors (Lipinski definition) is 5. The molecular weight excluding hydrogens is 721 g/mol. The molecular formula is C44H50N8O5. The minimum absolute atomic E-state index is 0.00520. The molecule has 13 nitrogen and oxygen atoms in total. The van der Waals surface area contributed by atoms with Crippen molar-refractivity contribution < 1.29 is 24.2 Å². The number of aromatic amines is 2. The predicted octanol–water partition coefficient (Wildman–Crippen LogP) is 7.03. The van der Waals surface area contributed by atoms with Crippen molar-refractivity contribution in [3.8, 4) is 39.5 Å². The number of methoxy groups -OCH3 is 1. The topological polar surface area (TPSA) is 178 Å². The van der Waals surface area contributed by atoms with Gasteiger partial charge in [0.05, 0.1) is 42.9 Å². The first-order chi connectivity index (χ1) is 27.6. The molecule has 2 saturated carbocycles. The summed E-state index contributed by atoms with van der Waals surface area (Å²) in [5.41, 5.74) is 7.72.